The van der Waals surface area contributed by atoms with Crippen molar-refractivity contribution in [2.24, 2.45) is 18.0 Å². The highest BCUT2D eigenvalue weighted by molar-refractivity contribution is 5.79. The molecule has 0 radical (unpaired) electrons. The van der Waals surface area contributed by atoms with Crippen LogP contribution in [0.25, 0.3) is 0 Å². The monoisotopic (exact) mass is 364 g/mol. The molecule has 0 bridgehead atoms. The van der Waals surface area contributed by atoms with Crippen molar-refractivity contribution in [3.05, 3.63) is 18.0 Å². The normalized spacial score (nSPS) is 17.5. The van der Waals surface area contributed by atoms with Crippen molar-refractivity contribution in [2.45, 2.75) is 39.7 Å². The van der Waals surface area contributed by atoms with Gasteiger partial charge in [-0.05, 0) is 31.2 Å². The Balaban J connectivity index is 1.81. The average molecular weight is 365 g/mol. The third-order valence-electron chi connectivity index (χ3n) is 4.76. The number of ether oxygens (including phenoxy) is 1. The number of nitrogens with one attached hydrogen (secondary N) is 2. The first kappa shape index (κ1) is 20.7. The predicted molar refractivity (Wildman–Crippen MR) is 107 cm³/mol. The van der Waals surface area contributed by atoms with Gasteiger partial charge in [0.2, 0.25) is 0 Å². The van der Waals surface area contributed by atoms with Gasteiger partial charge in [0.1, 0.15) is 0 Å². The minimum atomic E-state index is 0.463. The summed E-state index contributed by atoms with van der Waals surface area (Å²) in [6.07, 6.45) is 6.11. The lowest BCUT2D eigenvalue weighted by Gasteiger charge is -2.36. The molecule has 2 rings (SSSR count). The van der Waals surface area contributed by atoms with Crippen LogP contribution in [0.1, 0.15) is 32.8 Å². The summed E-state index contributed by atoms with van der Waals surface area (Å²) in [5.41, 5.74) is 1.28. The number of morpholine rings is 1. The van der Waals surface area contributed by atoms with Crippen LogP contribution in [0.4, 0.5) is 0 Å². The number of aliphatic imine (C=N–C) groups is 1. The number of nitrogens with zero attached hydrogens (tertiary/aromatic N) is 4. The van der Waals surface area contributed by atoms with Crippen molar-refractivity contribution in [1.29, 1.82) is 0 Å². The van der Waals surface area contributed by atoms with Crippen molar-refractivity contribution < 1.29 is 4.74 Å². The predicted octanol–water partition coefficient (Wildman–Crippen LogP) is 1.26. The fourth-order valence-corrected chi connectivity index (χ4v) is 3.28. The minimum Gasteiger partial charge on any atom is -0.379 e. The Labute approximate surface area is 158 Å². The summed E-state index contributed by atoms with van der Waals surface area (Å²) in [4.78, 5) is 7.37. The Morgan fingerprint density at radius 2 is 2.08 bits per heavy atom. The highest BCUT2D eigenvalue weighted by atomic mass is 16.5. The Bertz CT molecular complexity index is 536. The van der Waals surface area contributed by atoms with Crippen LogP contribution >= 0.6 is 0 Å². The number of rotatable bonds is 9. The lowest BCUT2D eigenvalue weighted by atomic mass is 10.0. The first-order valence-electron chi connectivity index (χ1n) is 9.91. The summed E-state index contributed by atoms with van der Waals surface area (Å²) in [5, 5.41) is 11.0. The fourth-order valence-electron chi connectivity index (χ4n) is 3.28. The molecule has 0 aliphatic carbocycles. The zero-order valence-corrected chi connectivity index (χ0v) is 16.9. The van der Waals surface area contributed by atoms with Crippen LogP contribution in [-0.2, 0) is 18.2 Å². The molecule has 7 heteroatoms. The summed E-state index contributed by atoms with van der Waals surface area (Å²) in [7, 11) is 1.96. The summed E-state index contributed by atoms with van der Waals surface area (Å²) < 4.78 is 7.34. The second kappa shape index (κ2) is 11.2. The Morgan fingerprint density at radius 3 is 2.69 bits per heavy atom. The molecule has 1 aromatic heterocycles. The number of hydrogen-bond acceptors (Lipinski definition) is 4. The topological polar surface area (TPSA) is 66.7 Å². The minimum absolute atomic E-state index is 0.463. The van der Waals surface area contributed by atoms with Crippen LogP contribution in [0, 0.1) is 5.92 Å². The third kappa shape index (κ3) is 6.96. The van der Waals surface area contributed by atoms with Crippen molar-refractivity contribution >= 4 is 5.96 Å². The maximum atomic E-state index is 5.49. The molecule has 1 aliphatic heterocycles. The van der Waals surface area contributed by atoms with Crippen LogP contribution in [0.5, 0.6) is 0 Å². The first-order valence-corrected chi connectivity index (χ1v) is 9.91. The molecule has 1 unspecified atom stereocenters. The van der Waals surface area contributed by atoms with Gasteiger partial charge in [-0.3, -0.25) is 14.6 Å². The quantitative estimate of drug-likeness (QED) is 0.392. The fraction of sp³-hybridized carbons (Fsp3) is 0.789. The van der Waals surface area contributed by atoms with E-state index in [0.29, 0.717) is 12.0 Å². The van der Waals surface area contributed by atoms with E-state index in [0.717, 1.165) is 64.7 Å². The Kier molecular flexibility index (Phi) is 8.91. The zero-order chi connectivity index (χ0) is 18.8. The number of guanidine groups is 1. The summed E-state index contributed by atoms with van der Waals surface area (Å²) in [5.74, 6) is 1.49. The van der Waals surface area contributed by atoms with E-state index in [1.807, 2.05) is 17.9 Å². The average Bonchev–Trinajstić information content (AvgIpc) is 3.04. The molecular weight excluding hydrogens is 328 g/mol. The molecule has 2 heterocycles. The molecule has 0 spiro atoms. The summed E-state index contributed by atoms with van der Waals surface area (Å²) in [6.45, 7) is 12.9. The van der Waals surface area contributed by atoms with E-state index in [1.165, 1.54) is 5.56 Å². The highest BCUT2D eigenvalue weighted by Crippen LogP contribution is 2.13. The van der Waals surface area contributed by atoms with Gasteiger partial charge in [-0.1, -0.05) is 13.8 Å². The van der Waals surface area contributed by atoms with Crippen LogP contribution in [-0.4, -0.2) is 72.6 Å². The van der Waals surface area contributed by atoms with E-state index in [2.05, 4.69) is 47.6 Å². The van der Waals surface area contributed by atoms with E-state index >= 15 is 0 Å². The molecule has 0 saturated carbocycles. The van der Waals surface area contributed by atoms with Crippen molar-refractivity contribution in [2.75, 3.05) is 45.9 Å². The maximum Gasteiger partial charge on any atom is 0.191 e. The van der Waals surface area contributed by atoms with E-state index in [9.17, 15) is 0 Å². The number of hydrogen-bond donors (Lipinski definition) is 2. The molecule has 1 aliphatic rings. The van der Waals surface area contributed by atoms with Gasteiger partial charge < -0.3 is 15.4 Å². The van der Waals surface area contributed by atoms with Gasteiger partial charge in [-0.25, -0.2) is 0 Å². The van der Waals surface area contributed by atoms with Crippen LogP contribution < -0.4 is 10.6 Å². The van der Waals surface area contributed by atoms with Gasteiger partial charge in [0, 0.05) is 45.5 Å². The van der Waals surface area contributed by atoms with E-state index in [-0.39, 0.29) is 0 Å². The standard InChI is InChI=1S/C19H36N6O/c1-5-20-19(21-8-6-7-17-13-23-24(4)15-17)22-14-18(16(2)3)25-9-11-26-12-10-25/h13,15-16,18H,5-12,14H2,1-4H3,(H2,20,21,22). The van der Waals surface area contributed by atoms with Crippen LogP contribution in [0.3, 0.4) is 0 Å². The zero-order valence-electron chi connectivity index (χ0n) is 16.9. The van der Waals surface area contributed by atoms with E-state index in [1.54, 1.807) is 0 Å². The molecule has 1 aromatic rings. The maximum absolute atomic E-state index is 5.49. The molecule has 26 heavy (non-hydrogen) atoms. The van der Waals surface area contributed by atoms with Gasteiger partial charge in [0.25, 0.3) is 0 Å². The lowest BCUT2D eigenvalue weighted by Crippen LogP contribution is -2.48. The molecule has 1 atom stereocenters. The van der Waals surface area contributed by atoms with Crippen LogP contribution in [0.15, 0.2) is 17.4 Å². The van der Waals surface area contributed by atoms with Gasteiger partial charge in [0.15, 0.2) is 5.96 Å². The second-order valence-electron chi connectivity index (χ2n) is 7.23. The molecule has 2 N–H and O–H groups in total. The van der Waals surface area contributed by atoms with Crippen molar-refractivity contribution in [3.63, 3.8) is 0 Å². The van der Waals surface area contributed by atoms with Crippen molar-refractivity contribution in [1.82, 2.24) is 25.3 Å². The number of aryl methyl sites for hydroxylation is 2. The molecule has 0 amide bonds. The van der Waals surface area contributed by atoms with Crippen LogP contribution in [0.2, 0.25) is 0 Å². The van der Waals surface area contributed by atoms with E-state index in [4.69, 9.17) is 9.73 Å². The van der Waals surface area contributed by atoms with Gasteiger partial charge in [-0.15, -0.1) is 0 Å². The second-order valence-corrected chi connectivity index (χ2v) is 7.23. The molecule has 7 nitrogen and oxygen atoms in total. The molecule has 148 valence electrons. The van der Waals surface area contributed by atoms with Gasteiger partial charge in [-0.2, -0.15) is 5.10 Å². The smallest absolute Gasteiger partial charge is 0.191 e. The Hall–Kier alpha value is -1.60. The highest BCUT2D eigenvalue weighted by Gasteiger charge is 2.23. The molecular formula is C19H36N6O. The van der Waals surface area contributed by atoms with Crippen molar-refractivity contribution in [3.8, 4) is 0 Å². The molecule has 1 saturated heterocycles. The Morgan fingerprint density at radius 1 is 1.31 bits per heavy atom. The number of aromatic nitrogens is 2. The first-order chi connectivity index (χ1) is 12.6. The SMILES string of the molecule is CCNC(=NCC(C(C)C)N1CCOCC1)NCCCc1cnn(C)c1. The molecule has 0 aromatic carbocycles. The van der Waals surface area contributed by atoms with E-state index < -0.39 is 0 Å². The lowest BCUT2D eigenvalue weighted by molar-refractivity contribution is 0.00867. The summed E-state index contributed by atoms with van der Waals surface area (Å²) >= 11 is 0. The summed E-state index contributed by atoms with van der Waals surface area (Å²) in [6, 6.07) is 0.463. The molecule has 1 fully saturated rings. The third-order valence-corrected chi connectivity index (χ3v) is 4.76. The largest absolute Gasteiger partial charge is 0.379 e. The van der Waals surface area contributed by atoms with Gasteiger partial charge in [0.05, 0.1) is 26.0 Å². The van der Waals surface area contributed by atoms with Gasteiger partial charge >= 0.3 is 0 Å².